The minimum absolute atomic E-state index is 0.0957. The lowest BCUT2D eigenvalue weighted by molar-refractivity contribution is 0.0787. The maximum atomic E-state index is 12.5. The molecule has 0 saturated heterocycles. The molecule has 2 aromatic carbocycles. The number of sulfonamides is 1. The van der Waals surface area contributed by atoms with Gasteiger partial charge in [-0.25, -0.2) is 22.7 Å². The van der Waals surface area contributed by atoms with Crippen LogP contribution in [0.3, 0.4) is 0 Å². The lowest BCUT2D eigenvalue weighted by Gasteiger charge is -2.27. The van der Waals surface area contributed by atoms with E-state index in [4.69, 9.17) is 5.73 Å². The zero-order chi connectivity index (χ0) is 21.0. The van der Waals surface area contributed by atoms with E-state index in [1.54, 1.807) is 29.0 Å². The summed E-state index contributed by atoms with van der Waals surface area (Å²) in [7, 11) is -3.99. The summed E-state index contributed by atoms with van der Waals surface area (Å²) < 4.78 is 25.4. The van der Waals surface area contributed by atoms with Gasteiger partial charge in [-0.3, -0.25) is 9.69 Å². The summed E-state index contributed by atoms with van der Waals surface area (Å²) >= 11 is 0. The number of carbonyl (C=O) groups excluding carboxylic acids is 3. The van der Waals surface area contributed by atoms with Gasteiger partial charge in [0.15, 0.2) is 0 Å². The molecular formula is C19H20N4O5S. The van der Waals surface area contributed by atoms with Crippen LogP contribution in [0.25, 0.3) is 0 Å². The molecule has 1 aliphatic rings. The average molecular weight is 416 g/mol. The number of urea groups is 2. The smallest absolute Gasteiger partial charge is 0.326 e. The molecule has 0 bridgehead atoms. The van der Waals surface area contributed by atoms with Crippen molar-refractivity contribution in [2.45, 2.75) is 17.7 Å². The SMILES string of the molecule is NC(=O)NS(=O)(=O)c1ccc(CCNC(=O)N2CCc3ccccc3C2=O)cc1. The van der Waals surface area contributed by atoms with Gasteiger partial charge in [-0.05, 0) is 42.2 Å². The molecule has 152 valence electrons. The van der Waals surface area contributed by atoms with Crippen LogP contribution in [0, 0.1) is 0 Å². The molecule has 0 aliphatic carbocycles. The van der Waals surface area contributed by atoms with Crippen LogP contribution in [-0.2, 0) is 22.9 Å². The number of nitrogens with zero attached hydrogens (tertiary/aromatic N) is 1. The van der Waals surface area contributed by atoms with Crippen molar-refractivity contribution < 1.29 is 22.8 Å². The summed E-state index contributed by atoms with van der Waals surface area (Å²) in [5.41, 5.74) is 7.09. The number of primary amides is 1. The maximum Gasteiger partial charge on any atom is 0.326 e. The third-order valence-electron chi connectivity index (χ3n) is 4.50. The van der Waals surface area contributed by atoms with Gasteiger partial charge in [0.2, 0.25) is 0 Å². The topological polar surface area (TPSA) is 139 Å². The lowest BCUT2D eigenvalue weighted by Crippen LogP contribution is -2.47. The van der Waals surface area contributed by atoms with Gasteiger partial charge in [0.25, 0.3) is 15.9 Å². The van der Waals surface area contributed by atoms with Crippen molar-refractivity contribution in [1.82, 2.24) is 14.9 Å². The molecule has 29 heavy (non-hydrogen) atoms. The van der Waals surface area contributed by atoms with Crippen LogP contribution in [-0.4, -0.2) is 44.4 Å². The van der Waals surface area contributed by atoms with Crippen LogP contribution < -0.4 is 15.8 Å². The van der Waals surface area contributed by atoms with Crippen molar-refractivity contribution in [3.8, 4) is 0 Å². The Balaban J connectivity index is 1.54. The summed E-state index contributed by atoms with van der Waals surface area (Å²) in [5, 5.41) is 2.71. The molecule has 2 aromatic rings. The first kappa shape index (κ1) is 20.3. The number of amides is 5. The highest BCUT2D eigenvalue weighted by Gasteiger charge is 2.28. The Morgan fingerprint density at radius 2 is 1.76 bits per heavy atom. The summed E-state index contributed by atoms with van der Waals surface area (Å²) in [4.78, 5) is 36.7. The number of carbonyl (C=O) groups is 3. The quantitative estimate of drug-likeness (QED) is 0.667. The number of fused-ring (bicyclic) bond motifs is 1. The average Bonchev–Trinajstić information content (AvgIpc) is 2.68. The van der Waals surface area contributed by atoms with Gasteiger partial charge in [-0.1, -0.05) is 30.3 Å². The molecule has 3 rings (SSSR count). The maximum absolute atomic E-state index is 12.5. The normalized spacial score (nSPS) is 13.5. The Kier molecular flexibility index (Phi) is 5.83. The van der Waals surface area contributed by atoms with Gasteiger partial charge in [0.05, 0.1) is 4.90 Å². The summed E-state index contributed by atoms with van der Waals surface area (Å²) in [5.74, 6) is -0.319. The Bertz CT molecular complexity index is 1050. The van der Waals surface area contributed by atoms with Crippen molar-refractivity contribution in [3.63, 3.8) is 0 Å². The molecule has 4 N–H and O–H groups in total. The highest BCUT2D eigenvalue weighted by Crippen LogP contribution is 2.18. The Morgan fingerprint density at radius 3 is 2.45 bits per heavy atom. The summed E-state index contributed by atoms with van der Waals surface area (Å²) in [6.07, 6.45) is 1.05. The third kappa shape index (κ3) is 4.72. The molecule has 10 heteroatoms. The molecule has 0 radical (unpaired) electrons. The Hall–Kier alpha value is -3.40. The first-order valence-corrected chi connectivity index (χ1v) is 10.3. The van der Waals surface area contributed by atoms with Crippen LogP contribution >= 0.6 is 0 Å². The second-order valence-electron chi connectivity index (χ2n) is 6.46. The van der Waals surface area contributed by atoms with E-state index in [2.05, 4.69) is 5.32 Å². The van der Waals surface area contributed by atoms with E-state index in [0.29, 0.717) is 24.9 Å². The molecule has 0 atom stereocenters. The molecule has 0 saturated carbocycles. The summed E-state index contributed by atoms with van der Waals surface area (Å²) in [6, 6.07) is 11.4. The molecule has 0 fully saturated rings. The summed E-state index contributed by atoms with van der Waals surface area (Å²) in [6.45, 7) is 0.594. The van der Waals surface area contributed by atoms with E-state index in [-0.39, 0.29) is 17.3 Å². The van der Waals surface area contributed by atoms with Gasteiger partial charge in [0, 0.05) is 18.7 Å². The highest BCUT2D eigenvalue weighted by atomic mass is 32.2. The Labute approximate surface area is 167 Å². The molecule has 1 aliphatic heterocycles. The van der Waals surface area contributed by atoms with Crippen LogP contribution in [0.15, 0.2) is 53.4 Å². The molecule has 5 amide bonds. The fraction of sp³-hybridized carbons (Fsp3) is 0.211. The van der Waals surface area contributed by atoms with Crippen LogP contribution in [0.5, 0.6) is 0 Å². The Morgan fingerprint density at radius 1 is 1.07 bits per heavy atom. The van der Waals surface area contributed by atoms with E-state index < -0.39 is 22.1 Å². The van der Waals surface area contributed by atoms with E-state index >= 15 is 0 Å². The minimum Gasteiger partial charge on any atom is -0.351 e. The number of nitrogens with one attached hydrogen (secondary N) is 2. The lowest BCUT2D eigenvalue weighted by atomic mass is 9.99. The van der Waals surface area contributed by atoms with Crippen molar-refractivity contribution in [1.29, 1.82) is 0 Å². The molecule has 0 unspecified atom stereocenters. The van der Waals surface area contributed by atoms with Gasteiger partial charge < -0.3 is 11.1 Å². The second kappa shape index (κ2) is 8.31. The number of benzene rings is 2. The number of hydrogen-bond donors (Lipinski definition) is 3. The zero-order valence-electron chi connectivity index (χ0n) is 15.4. The number of nitrogens with two attached hydrogens (primary N) is 1. The fourth-order valence-corrected chi connectivity index (χ4v) is 3.93. The molecule has 0 spiro atoms. The van der Waals surface area contributed by atoms with E-state index in [0.717, 1.165) is 11.1 Å². The zero-order valence-corrected chi connectivity index (χ0v) is 16.2. The number of rotatable bonds is 5. The highest BCUT2D eigenvalue weighted by molar-refractivity contribution is 7.90. The number of imide groups is 1. The first-order chi connectivity index (χ1) is 13.8. The standard InChI is InChI=1S/C19H20N4O5S/c20-18(25)22-29(27,28)15-7-5-13(6-8-15)9-11-21-19(26)23-12-10-14-3-1-2-4-16(14)17(23)24/h1-8H,9-12H2,(H,21,26)(H3,20,22,25). The van der Waals surface area contributed by atoms with Crippen LogP contribution in [0.2, 0.25) is 0 Å². The molecule has 0 aromatic heterocycles. The largest absolute Gasteiger partial charge is 0.351 e. The van der Waals surface area contributed by atoms with Crippen molar-refractivity contribution in [2.75, 3.05) is 13.1 Å². The second-order valence-corrected chi connectivity index (χ2v) is 8.14. The van der Waals surface area contributed by atoms with Gasteiger partial charge in [-0.15, -0.1) is 0 Å². The first-order valence-electron chi connectivity index (χ1n) is 8.87. The fourth-order valence-electron chi connectivity index (χ4n) is 3.06. The number of hydrogen-bond acceptors (Lipinski definition) is 5. The van der Waals surface area contributed by atoms with Crippen LogP contribution in [0.1, 0.15) is 21.5 Å². The third-order valence-corrected chi connectivity index (χ3v) is 5.86. The van der Waals surface area contributed by atoms with Crippen molar-refractivity contribution in [3.05, 3.63) is 65.2 Å². The van der Waals surface area contributed by atoms with Crippen molar-refractivity contribution >= 4 is 28.0 Å². The molecule has 1 heterocycles. The molecule has 9 nitrogen and oxygen atoms in total. The predicted octanol–water partition coefficient (Wildman–Crippen LogP) is 0.994. The minimum atomic E-state index is -3.99. The predicted molar refractivity (Wildman–Crippen MR) is 105 cm³/mol. The molecular weight excluding hydrogens is 396 g/mol. The van der Waals surface area contributed by atoms with E-state index in [1.807, 2.05) is 12.1 Å². The van der Waals surface area contributed by atoms with Crippen molar-refractivity contribution in [2.24, 2.45) is 5.73 Å². The van der Waals surface area contributed by atoms with Gasteiger partial charge in [0.1, 0.15) is 0 Å². The van der Waals surface area contributed by atoms with Crippen LogP contribution in [0.4, 0.5) is 9.59 Å². The monoisotopic (exact) mass is 416 g/mol. The van der Waals surface area contributed by atoms with E-state index in [1.165, 1.54) is 17.0 Å². The van der Waals surface area contributed by atoms with Gasteiger partial charge >= 0.3 is 12.1 Å². The van der Waals surface area contributed by atoms with E-state index in [9.17, 15) is 22.8 Å². The van der Waals surface area contributed by atoms with Gasteiger partial charge in [-0.2, -0.15) is 0 Å².